The molecular formula is C9H16O. The molecule has 0 aliphatic heterocycles. The Morgan fingerprint density at radius 2 is 2.00 bits per heavy atom. The molecule has 0 amide bonds. The molecule has 0 aliphatic carbocycles. The third-order valence-electron chi connectivity index (χ3n) is 1.43. The molecule has 0 fully saturated rings. The van der Waals surface area contributed by atoms with Gasteiger partial charge >= 0.3 is 0 Å². The third-order valence-corrected chi connectivity index (χ3v) is 1.43. The normalized spacial score (nSPS) is 8.70. The first-order valence-corrected chi connectivity index (χ1v) is 3.88. The van der Waals surface area contributed by atoms with Crippen LogP contribution >= 0.6 is 0 Å². The van der Waals surface area contributed by atoms with Crippen LogP contribution in [-0.2, 0) is 0 Å². The predicted molar refractivity (Wildman–Crippen MR) is 43.9 cm³/mol. The van der Waals surface area contributed by atoms with E-state index in [1.807, 2.05) is 6.08 Å². The summed E-state index contributed by atoms with van der Waals surface area (Å²) in [6, 6.07) is 0. The monoisotopic (exact) mass is 140 g/mol. The first-order chi connectivity index (χ1) is 4.85. The van der Waals surface area contributed by atoms with Gasteiger partial charge in [-0.05, 0) is 30.9 Å². The highest BCUT2D eigenvalue weighted by atomic mass is 16.2. The van der Waals surface area contributed by atoms with Gasteiger partial charge in [-0.15, -0.1) is 5.73 Å². The minimum Gasteiger partial charge on any atom is -0.396 e. The average Bonchev–Trinajstić information content (AvgIpc) is 1.99. The Kier molecular flexibility index (Phi) is 6.25. The lowest BCUT2D eigenvalue weighted by molar-refractivity contribution is 0.302. The summed E-state index contributed by atoms with van der Waals surface area (Å²) in [6.07, 6.45) is 4.77. The standard InChI is InChI=1S/C9H16O/c1-3-9(4-2)7-5-6-8-10/h5,10H,3-4,6,8H2,1-2H3. The van der Waals surface area contributed by atoms with E-state index in [-0.39, 0.29) is 6.61 Å². The summed E-state index contributed by atoms with van der Waals surface area (Å²) in [4.78, 5) is 0. The molecule has 0 aromatic carbocycles. The van der Waals surface area contributed by atoms with Crippen molar-refractivity contribution in [1.82, 2.24) is 0 Å². The van der Waals surface area contributed by atoms with Crippen molar-refractivity contribution in [1.29, 1.82) is 0 Å². The second-order valence-electron chi connectivity index (χ2n) is 2.17. The minimum absolute atomic E-state index is 0.230. The number of aliphatic hydroxyl groups excluding tert-OH is 1. The van der Waals surface area contributed by atoms with Crippen LogP contribution in [0.3, 0.4) is 0 Å². The van der Waals surface area contributed by atoms with Gasteiger partial charge < -0.3 is 5.11 Å². The molecule has 1 heteroatoms. The summed E-state index contributed by atoms with van der Waals surface area (Å²) in [5, 5.41) is 8.44. The van der Waals surface area contributed by atoms with Crippen LogP contribution in [-0.4, -0.2) is 11.7 Å². The zero-order valence-corrected chi connectivity index (χ0v) is 6.85. The van der Waals surface area contributed by atoms with Crippen LogP contribution in [0.1, 0.15) is 33.1 Å². The van der Waals surface area contributed by atoms with Crippen molar-refractivity contribution in [3.05, 3.63) is 17.4 Å². The predicted octanol–water partition coefficient (Wildman–Crippen LogP) is 2.27. The molecule has 10 heavy (non-hydrogen) atoms. The summed E-state index contributed by atoms with van der Waals surface area (Å²) in [5.41, 5.74) is 4.48. The Balaban J connectivity index is 3.82. The maximum Gasteiger partial charge on any atom is 0.0471 e. The van der Waals surface area contributed by atoms with Gasteiger partial charge in [-0.1, -0.05) is 13.8 Å². The summed E-state index contributed by atoms with van der Waals surface area (Å²) < 4.78 is 0. The van der Waals surface area contributed by atoms with Gasteiger partial charge in [-0.3, -0.25) is 0 Å². The molecule has 0 rings (SSSR count). The summed E-state index contributed by atoms with van der Waals surface area (Å²) >= 11 is 0. The Morgan fingerprint density at radius 1 is 1.40 bits per heavy atom. The average molecular weight is 140 g/mol. The lowest BCUT2D eigenvalue weighted by atomic mass is 10.1. The maximum atomic E-state index is 8.44. The Labute approximate surface area is 63.1 Å². The van der Waals surface area contributed by atoms with E-state index >= 15 is 0 Å². The van der Waals surface area contributed by atoms with Gasteiger partial charge in [-0.25, -0.2) is 0 Å². The highest BCUT2D eigenvalue weighted by Crippen LogP contribution is 2.02. The quantitative estimate of drug-likeness (QED) is 0.594. The Hall–Kier alpha value is -0.520. The van der Waals surface area contributed by atoms with Gasteiger partial charge in [0.2, 0.25) is 0 Å². The molecule has 1 N–H and O–H groups in total. The fourth-order valence-electron chi connectivity index (χ4n) is 0.735. The van der Waals surface area contributed by atoms with Gasteiger partial charge in [0.05, 0.1) is 0 Å². The highest BCUT2D eigenvalue weighted by molar-refractivity contribution is 4.99. The van der Waals surface area contributed by atoms with E-state index < -0.39 is 0 Å². The van der Waals surface area contributed by atoms with E-state index in [0.29, 0.717) is 0 Å². The van der Waals surface area contributed by atoms with Crippen molar-refractivity contribution < 1.29 is 5.11 Å². The summed E-state index contributed by atoms with van der Waals surface area (Å²) in [6.45, 7) is 4.48. The van der Waals surface area contributed by atoms with Crippen molar-refractivity contribution in [2.75, 3.05) is 6.61 Å². The van der Waals surface area contributed by atoms with Crippen molar-refractivity contribution in [3.8, 4) is 0 Å². The largest absolute Gasteiger partial charge is 0.396 e. The number of hydrogen-bond acceptors (Lipinski definition) is 1. The molecule has 1 nitrogen and oxygen atoms in total. The zero-order valence-electron chi connectivity index (χ0n) is 6.85. The molecule has 0 aliphatic rings. The van der Waals surface area contributed by atoms with E-state index in [2.05, 4.69) is 19.6 Å². The maximum absolute atomic E-state index is 8.44. The van der Waals surface area contributed by atoms with Crippen molar-refractivity contribution in [2.45, 2.75) is 33.1 Å². The van der Waals surface area contributed by atoms with E-state index in [1.54, 1.807) is 0 Å². The first kappa shape index (κ1) is 9.48. The molecule has 0 unspecified atom stereocenters. The van der Waals surface area contributed by atoms with Crippen LogP contribution in [0.5, 0.6) is 0 Å². The highest BCUT2D eigenvalue weighted by Gasteiger charge is 1.83. The van der Waals surface area contributed by atoms with Crippen LogP contribution in [0.15, 0.2) is 17.4 Å². The molecule has 0 saturated heterocycles. The minimum atomic E-state index is 0.230. The van der Waals surface area contributed by atoms with Gasteiger partial charge in [0.1, 0.15) is 0 Å². The lowest BCUT2D eigenvalue weighted by Crippen LogP contribution is -1.76. The number of aliphatic hydroxyl groups is 1. The van der Waals surface area contributed by atoms with Crippen molar-refractivity contribution >= 4 is 0 Å². The SMILES string of the molecule is CCC(=C=CCCO)CC. The molecular weight excluding hydrogens is 124 g/mol. The summed E-state index contributed by atoms with van der Waals surface area (Å²) in [7, 11) is 0. The fraction of sp³-hybridized carbons (Fsp3) is 0.667. The molecule has 0 spiro atoms. The fourth-order valence-corrected chi connectivity index (χ4v) is 0.735. The Bertz CT molecular complexity index is 124. The van der Waals surface area contributed by atoms with Crippen LogP contribution in [0, 0.1) is 0 Å². The topological polar surface area (TPSA) is 20.2 Å². The van der Waals surface area contributed by atoms with Gasteiger partial charge in [0.15, 0.2) is 0 Å². The van der Waals surface area contributed by atoms with E-state index in [1.165, 1.54) is 5.57 Å². The van der Waals surface area contributed by atoms with Crippen LogP contribution < -0.4 is 0 Å². The van der Waals surface area contributed by atoms with Crippen molar-refractivity contribution in [2.24, 2.45) is 0 Å². The number of hydrogen-bond donors (Lipinski definition) is 1. The molecule has 0 heterocycles. The van der Waals surface area contributed by atoms with Crippen molar-refractivity contribution in [3.63, 3.8) is 0 Å². The van der Waals surface area contributed by atoms with Gasteiger partial charge in [0.25, 0.3) is 0 Å². The van der Waals surface area contributed by atoms with E-state index in [0.717, 1.165) is 19.3 Å². The smallest absolute Gasteiger partial charge is 0.0471 e. The number of rotatable bonds is 4. The first-order valence-electron chi connectivity index (χ1n) is 3.88. The second-order valence-corrected chi connectivity index (χ2v) is 2.17. The molecule has 58 valence electrons. The van der Waals surface area contributed by atoms with Gasteiger partial charge in [-0.2, -0.15) is 0 Å². The van der Waals surface area contributed by atoms with E-state index in [9.17, 15) is 0 Å². The second kappa shape index (κ2) is 6.60. The van der Waals surface area contributed by atoms with E-state index in [4.69, 9.17) is 5.11 Å². The molecule has 0 bridgehead atoms. The van der Waals surface area contributed by atoms with Crippen LogP contribution in [0.25, 0.3) is 0 Å². The van der Waals surface area contributed by atoms with Crippen LogP contribution in [0.2, 0.25) is 0 Å². The molecule has 0 aromatic rings. The third kappa shape index (κ3) is 4.37. The van der Waals surface area contributed by atoms with Crippen LogP contribution in [0.4, 0.5) is 0 Å². The molecule has 0 radical (unpaired) electrons. The molecule has 0 atom stereocenters. The lowest BCUT2D eigenvalue weighted by Gasteiger charge is -1.91. The Morgan fingerprint density at radius 3 is 2.40 bits per heavy atom. The zero-order chi connectivity index (χ0) is 7.82. The molecule has 0 saturated carbocycles. The van der Waals surface area contributed by atoms with Gasteiger partial charge in [0, 0.05) is 6.61 Å². The molecule has 0 aromatic heterocycles. The summed E-state index contributed by atoms with van der Waals surface area (Å²) in [5.74, 6) is 0.